The first kappa shape index (κ1) is 21.6. The van der Waals surface area contributed by atoms with Gasteiger partial charge in [0, 0.05) is 13.0 Å². The van der Waals surface area contributed by atoms with Gasteiger partial charge in [-0.05, 0) is 30.1 Å². The fourth-order valence-corrected chi connectivity index (χ4v) is 4.33. The summed E-state index contributed by atoms with van der Waals surface area (Å²) in [7, 11) is -2.21. The smallest absolute Gasteiger partial charge is 0.260 e. The molecule has 0 aliphatic carbocycles. The monoisotopic (exact) mass is 387 g/mol. The summed E-state index contributed by atoms with van der Waals surface area (Å²) < 4.78 is 13.2. The first-order valence-corrected chi connectivity index (χ1v) is 12.4. The predicted molar refractivity (Wildman–Crippen MR) is 113 cm³/mol. The molecule has 4 nitrogen and oxygen atoms in total. The lowest BCUT2D eigenvalue weighted by molar-refractivity contribution is -0.245. The summed E-state index contributed by atoms with van der Waals surface area (Å²) in [5.74, 6) is -1.17. The molecule has 1 fully saturated rings. The van der Waals surface area contributed by atoms with E-state index in [-0.39, 0.29) is 10.9 Å². The summed E-state index contributed by atoms with van der Waals surface area (Å²) in [6, 6.07) is 9.61. The Balaban J connectivity index is 2.49. The molecule has 0 saturated carbocycles. The first-order valence-electron chi connectivity index (χ1n) is 9.54. The van der Waals surface area contributed by atoms with Gasteiger partial charge in [-0.2, -0.15) is 0 Å². The average Bonchev–Trinajstić information content (AvgIpc) is 2.86. The minimum absolute atomic E-state index is 0.00866. The van der Waals surface area contributed by atoms with Gasteiger partial charge in [0.2, 0.25) is 5.91 Å². The summed E-state index contributed by atoms with van der Waals surface area (Å²) in [6.45, 7) is 19.0. The molecule has 0 N–H and O–H groups in total. The van der Waals surface area contributed by atoms with Gasteiger partial charge in [-0.25, -0.2) is 0 Å². The molecule has 1 aromatic carbocycles. The SMILES string of the molecule is C=CCCC1(O[Si](C)(C)C(C)(C)C)OC(c2ccccc2)C(=O)N1CC=C. The van der Waals surface area contributed by atoms with Gasteiger partial charge in [0.15, 0.2) is 14.4 Å². The van der Waals surface area contributed by atoms with Crippen LogP contribution in [0.2, 0.25) is 18.1 Å². The molecule has 148 valence electrons. The molecule has 27 heavy (non-hydrogen) atoms. The summed E-state index contributed by atoms with van der Waals surface area (Å²) in [6.07, 6.45) is 4.14. The normalized spacial score (nSPS) is 23.5. The molecular weight excluding hydrogens is 354 g/mol. The van der Waals surface area contributed by atoms with E-state index in [1.54, 1.807) is 11.0 Å². The zero-order valence-electron chi connectivity index (χ0n) is 17.3. The van der Waals surface area contributed by atoms with E-state index in [9.17, 15) is 4.79 Å². The van der Waals surface area contributed by atoms with Crippen LogP contribution in [0.15, 0.2) is 55.6 Å². The van der Waals surface area contributed by atoms with Crippen LogP contribution < -0.4 is 0 Å². The van der Waals surface area contributed by atoms with E-state index in [4.69, 9.17) is 9.16 Å². The predicted octanol–water partition coefficient (Wildman–Crippen LogP) is 5.41. The van der Waals surface area contributed by atoms with Crippen molar-refractivity contribution < 1.29 is 14.0 Å². The molecule has 1 heterocycles. The van der Waals surface area contributed by atoms with Crippen molar-refractivity contribution in [3.05, 3.63) is 61.2 Å². The van der Waals surface area contributed by atoms with Gasteiger partial charge in [0.25, 0.3) is 5.91 Å². The Morgan fingerprint density at radius 2 is 1.85 bits per heavy atom. The number of amides is 1. The number of allylic oxidation sites excluding steroid dienone is 1. The van der Waals surface area contributed by atoms with Gasteiger partial charge in [-0.1, -0.05) is 63.3 Å². The van der Waals surface area contributed by atoms with Crippen LogP contribution in [0, 0.1) is 0 Å². The number of ether oxygens (including phenoxy) is 1. The number of benzene rings is 1. The number of carbonyl (C=O) groups excluding carboxylic acids is 1. The van der Waals surface area contributed by atoms with E-state index >= 15 is 0 Å². The first-order chi connectivity index (χ1) is 12.6. The molecule has 0 aromatic heterocycles. The fourth-order valence-electron chi connectivity index (χ4n) is 2.96. The van der Waals surface area contributed by atoms with E-state index in [0.29, 0.717) is 19.4 Å². The zero-order valence-corrected chi connectivity index (χ0v) is 18.3. The molecule has 1 aromatic rings. The van der Waals surface area contributed by atoms with Gasteiger partial charge in [0.05, 0.1) is 0 Å². The van der Waals surface area contributed by atoms with Crippen LogP contribution in [-0.2, 0) is 14.0 Å². The molecule has 2 atom stereocenters. The average molecular weight is 388 g/mol. The van der Waals surface area contributed by atoms with Crippen LogP contribution >= 0.6 is 0 Å². The van der Waals surface area contributed by atoms with Gasteiger partial charge < -0.3 is 9.16 Å². The van der Waals surface area contributed by atoms with E-state index in [2.05, 4.69) is 47.0 Å². The standard InChI is InChI=1S/C22H33NO3Si/c1-8-10-16-22(26-27(6,7)21(3,4)5)23(17-9-2)20(24)19(25-22)18-14-12-11-13-15-18/h8-9,11-15,19H,1-2,10,16-17H2,3-7H3. The van der Waals surface area contributed by atoms with E-state index in [0.717, 1.165) is 5.56 Å². The Labute approximate surface area is 165 Å². The Kier molecular flexibility index (Phi) is 6.50. The number of nitrogens with zero attached hydrogens (tertiary/aromatic N) is 1. The highest BCUT2D eigenvalue weighted by Crippen LogP contribution is 2.47. The second kappa shape index (κ2) is 8.13. The molecule has 0 spiro atoms. The lowest BCUT2D eigenvalue weighted by Crippen LogP contribution is -2.57. The van der Waals surface area contributed by atoms with Gasteiger partial charge >= 0.3 is 0 Å². The molecule has 0 bridgehead atoms. The van der Waals surface area contributed by atoms with Crippen molar-refractivity contribution in [1.29, 1.82) is 0 Å². The number of carbonyl (C=O) groups is 1. The van der Waals surface area contributed by atoms with E-state index in [1.807, 2.05) is 36.4 Å². The Morgan fingerprint density at radius 3 is 2.37 bits per heavy atom. The van der Waals surface area contributed by atoms with Crippen LogP contribution in [0.4, 0.5) is 0 Å². The van der Waals surface area contributed by atoms with Crippen LogP contribution in [0.5, 0.6) is 0 Å². The van der Waals surface area contributed by atoms with Crippen molar-refractivity contribution in [3.63, 3.8) is 0 Å². The molecule has 1 amide bonds. The van der Waals surface area contributed by atoms with Crippen LogP contribution in [-0.4, -0.2) is 31.6 Å². The maximum absolute atomic E-state index is 13.3. The number of hydrogen-bond acceptors (Lipinski definition) is 3. The molecule has 0 radical (unpaired) electrons. The Hall–Kier alpha value is -1.69. The van der Waals surface area contributed by atoms with Crippen molar-refractivity contribution in [2.75, 3.05) is 6.54 Å². The maximum Gasteiger partial charge on any atom is 0.260 e. The van der Waals surface area contributed by atoms with Gasteiger partial charge in [0.1, 0.15) is 0 Å². The summed E-state index contributed by atoms with van der Waals surface area (Å²) in [5, 5.41) is -0.00866. The lowest BCUT2D eigenvalue weighted by Gasteiger charge is -2.46. The highest BCUT2D eigenvalue weighted by Gasteiger charge is 2.56. The topological polar surface area (TPSA) is 38.8 Å². The molecule has 5 heteroatoms. The maximum atomic E-state index is 13.3. The Morgan fingerprint density at radius 1 is 1.22 bits per heavy atom. The zero-order chi connectivity index (χ0) is 20.3. The second-order valence-corrected chi connectivity index (χ2v) is 13.3. The molecular formula is C22H33NO3Si. The third-order valence-corrected chi connectivity index (χ3v) is 9.94. The quantitative estimate of drug-likeness (QED) is 0.442. The van der Waals surface area contributed by atoms with Crippen LogP contribution in [0.1, 0.15) is 45.3 Å². The van der Waals surface area contributed by atoms with E-state index < -0.39 is 20.3 Å². The third kappa shape index (κ3) is 4.42. The molecule has 1 aliphatic rings. The molecule has 2 unspecified atom stereocenters. The summed E-state index contributed by atoms with van der Waals surface area (Å²) in [5.41, 5.74) is 0.843. The van der Waals surface area contributed by atoms with Gasteiger partial charge in [-0.15, -0.1) is 13.2 Å². The molecule has 1 aliphatic heterocycles. The van der Waals surface area contributed by atoms with Crippen molar-refractivity contribution in [2.45, 2.75) is 63.8 Å². The highest BCUT2D eigenvalue weighted by molar-refractivity contribution is 6.74. The number of rotatable bonds is 8. The summed E-state index contributed by atoms with van der Waals surface area (Å²) >= 11 is 0. The lowest BCUT2D eigenvalue weighted by atomic mass is 10.1. The summed E-state index contributed by atoms with van der Waals surface area (Å²) in [4.78, 5) is 15.0. The minimum atomic E-state index is -2.21. The highest BCUT2D eigenvalue weighted by atomic mass is 28.4. The van der Waals surface area contributed by atoms with Crippen molar-refractivity contribution in [2.24, 2.45) is 0 Å². The molecule has 1 saturated heterocycles. The van der Waals surface area contributed by atoms with Crippen LogP contribution in [0.3, 0.4) is 0 Å². The molecule has 2 rings (SSSR count). The largest absolute Gasteiger partial charge is 0.374 e. The van der Waals surface area contributed by atoms with E-state index in [1.165, 1.54) is 0 Å². The fraction of sp³-hybridized carbons (Fsp3) is 0.500. The van der Waals surface area contributed by atoms with Crippen molar-refractivity contribution in [3.8, 4) is 0 Å². The third-order valence-electron chi connectivity index (χ3n) is 5.50. The van der Waals surface area contributed by atoms with Gasteiger partial charge in [-0.3, -0.25) is 9.69 Å². The Bertz CT molecular complexity index is 681. The minimum Gasteiger partial charge on any atom is -0.374 e. The van der Waals surface area contributed by atoms with Crippen LogP contribution in [0.25, 0.3) is 0 Å². The second-order valence-electron chi connectivity index (χ2n) is 8.55. The van der Waals surface area contributed by atoms with Crippen molar-refractivity contribution >= 4 is 14.2 Å². The van der Waals surface area contributed by atoms with Crippen molar-refractivity contribution in [1.82, 2.24) is 4.90 Å². The number of hydrogen-bond donors (Lipinski definition) is 0.